The number of rotatable bonds is 4. The molecule has 0 saturated carbocycles. The van der Waals surface area contributed by atoms with Crippen LogP contribution in [-0.2, 0) is 6.61 Å². The lowest BCUT2D eigenvalue weighted by Gasteiger charge is -2.07. The Labute approximate surface area is 97.7 Å². The van der Waals surface area contributed by atoms with Crippen LogP contribution >= 0.6 is 0 Å². The van der Waals surface area contributed by atoms with Gasteiger partial charge in [0, 0.05) is 0 Å². The molecule has 5 nitrogen and oxygen atoms in total. The predicted molar refractivity (Wildman–Crippen MR) is 59.0 cm³/mol. The van der Waals surface area contributed by atoms with Crippen molar-refractivity contribution in [1.82, 2.24) is 4.98 Å². The zero-order valence-electron chi connectivity index (χ0n) is 9.21. The van der Waals surface area contributed by atoms with Gasteiger partial charge in [0.05, 0.1) is 0 Å². The minimum atomic E-state index is -1.02. The van der Waals surface area contributed by atoms with Gasteiger partial charge in [0.25, 0.3) is 0 Å². The van der Waals surface area contributed by atoms with Gasteiger partial charge >= 0.3 is 5.97 Å². The van der Waals surface area contributed by atoms with Gasteiger partial charge in [-0.3, -0.25) is 0 Å². The fourth-order valence-electron chi connectivity index (χ4n) is 1.38. The van der Waals surface area contributed by atoms with Crippen molar-refractivity contribution in [1.29, 1.82) is 0 Å². The molecule has 0 unspecified atom stereocenters. The molecule has 88 valence electrons. The van der Waals surface area contributed by atoms with Crippen molar-refractivity contribution in [2.45, 2.75) is 13.5 Å². The number of aryl methyl sites for hydroxylation is 1. The van der Waals surface area contributed by atoms with Crippen molar-refractivity contribution in [3.63, 3.8) is 0 Å². The molecule has 0 amide bonds. The highest BCUT2D eigenvalue weighted by molar-refractivity contribution is 5.90. The molecule has 1 aromatic carbocycles. The van der Waals surface area contributed by atoms with E-state index in [0.29, 0.717) is 17.2 Å². The third-order valence-corrected chi connectivity index (χ3v) is 2.33. The monoisotopic (exact) mass is 233 g/mol. The first kappa shape index (κ1) is 11.2. The highest BCUT2D eigenvalue weighted by Gasteiger charge is 2.11. The number of ether oxygens (including phenoxy) is 1. The quantitative estimate of drug-likeness (QED) is 0.876. The van der Waals surface area contributed by atoms with E-state index < -0.39 is 5.97 Å². The number of aromatic carboxylic acids is 1. The third kappa shape index (κ3) is 2.44. The van der Waals surface area contributed by atoms with Gasteiger partial charge in [-0.15, -0.1) is 0 Å². The lowest BCUT2D eigenvalue weighted by molar-refractivity contribution is 0.0691. The summed E-state index contributed by atoms with van der Waals surface area (Å²) in [6.07, 6.45) is 1.33. The van der Waals surface area contributed by atoms with Crippen molar-refractivity contribution < 1.29 is 19.1 Å². The predicted octanol–water partition coefficient (Wildman–Crippen LogP) is 2.26. The zero-order chi connectivity index (χ0) is 12.3. The fourth-order valence-corrected chi connectivity index (χ4v) is 1.38. The van der Waals surface area contributed by atoms with Crippen molar-refractivity contribution in [3.05, 3.63) is 47.7 Å². The van der Waals surface area contributed by atoms with E-state index >= 15 is 0 Å². The van der Waals surface area contributed by atoms with Gasteiger partial charge in [0.2, 0.25) is 0 Å². The summed E-state index contributed by atoms with van der Waals surface area (Å²) in [5.74, 6) is -0.0299. The number of hydrogen-bond acceptors (Lipinski definition) is 4. The maximum atomic E-state index is 10.9. The van der Waals surface area contributed by atoms with Gasteiger partial charge in [-0.25, -0.2) is 9.78 Å². The molecule has 0 bridgehead atoms. The van der Waals surface area contributed by atoms with Gasteiger partial charge in [0.1, 0.15) is 29.4 Å². The average Bonchev–Trinajstić information content (AvgIpc) is 2.72. The number of oxazole rings is 1. The van der Waals surface area contributed by atoms with Gasteiger partial charge in [-0.05, 0) is 19.1 Å². The average molecular weight is 233 g/mol. The molecule has 1 N–H and O–H groups in total. The standard InChI is InChI=1S/C12H11NO4/c1-8-10(13-7-17-8)6-16-11-5-3-2-4-9(11)12(14)15/h2-5,7H,6H2,1H3,(H,14,15). The van der Waals surface area contributed by atoms with Crippen LogP contribution in [0.15, 0.2) is 35.1 Å². The van der Waals surface area contributed by atoms with E-state index in [-0.39, 0.29) is 12.2 Å². The van der Waals surface area contributed by atoms with Crippen LogP contribution in [0.4, 0.5) is 0 Å². The normalized spacial score (nSPS) is 10.2. The van der Waals surface area contributed by atoms with Crippen LogP contribution in [-0.4, -0.2) is 16.1 Å². The van der Waals surface area contributed by atoms with E-state index in [0.717, 1.165) is 0 Å². The molecule has 0 saturated heterocycles. The minimum absolute atomic E-state index is 0.133. The van der Waals surface area contributed by atoms with Gasteiger partial charge in [-0.2, -0.15) is 0 Å². The topological polar surface area (TPSA) is 72.6 Å². The number of benzene rings is 1. The first-order valence-electron chi connectivity index (χ1n) is 5.02. The van der Waals surface area contributed by atoms with Crippen LogP contribution in [0.5, 0.6) is 5.75 Å². The van der Waals surface area contributed by atoms with Crippen molar-refractivity contribution in [3.8, 4) is 5.75 Å². The Bertz CT molecular complexity index is 533. The maximum Gasteiger partial charge on any atom is 0.339 e. The summed E-state index contributed by atoms with van der Waals surface area (Å²) < 4.78 is 10.4. The molecule has 0 radical (unpaired) electrons. The molecule has 0 aliphatic carbocycles. The van der Waals surface area contributed by atoms with Crippen LogP contribution < -0.4 is 4.74 Å². The van der Waals surface area contributed by atoms with E-state index in [1.165, 1.54) is 12.5 Å². The Morgan fingerprint density at radius 3 is 2.88 bits per heavy atom. The van der Waals surface area contributed by atoms with E-state index in [1.807, 2.05) is 0 Å². The van der Waals surface area contributed by atoms with Crippen molar-refractivity contribution in [2.75, 3.05) is 0 Å². The molecule has 0 aliphatic heterocycles. The molecular formula is C12H11NO4. The Morgan fingerprint density at radius 2 is 2.24 bits per heavy atom. The molecule has 0 atom stereocenters. The minimum Gasteiger partial charge on any atom is -0.486 e. The molecule has 2 rings (SSSR count). The number of carboxylic acids is 1. The summed E-state index contributed by atoms with van der Waals surface area (Å²) in [4.78, 5) is 14.9. The van der Waals surface area contributed by atoms with Crippen LogP contribution in [0.3, 0.4) is 0 Å². The number of hydrogen-bond donors (Lipinski definition) is 1. The summed E-state index contributed by atoms with van der Waals surface area (Å²) in [6.45, 7) is 1.96. The first-order chi connectivity index (χ1) is 8.18. The van der Waals surface area contributed by atoms with Crippen molar-refractivity contribution >= 4 is 5.97 Å². The van der Waals surface area contributed by atoms with E-state index in [4.69, 9.17) is 14.3 Å². The van der Waals surface area contributed by atoms with E-state index in [9.17, 15) is 4.79 Å². The maximum absolute atomic E-state index is 10.9. The Hall–Kier alpha value is -2.30. The van der Waals surface area contributed by atoms with Crippen LogP contribution in [0, 0.1) is 6.92 Å². The Balaban J connectivity index is 2.14. The Morgan fingerprint density at radius 1 is 1.47 bits per heavy atom. The fraction of sp³-hybridized carbons (Fsp3) is 0.167. The molecule has 2 aromatic rings. The number of para-hydroxylation sites is 1. The molecule has 1 heterocycles. The molecular weight excluding hydrogens is 222 g/mol. The highest BCUT2D eigenvalue weighted by atomic mass is 16.5. The second kappa shape index (κ2) is 4.69. The smallest absolute Gasteiger partial charge is 0.339 e. The lowest BCUT2D eigenvalue weighted by Crippen LogP contribution is -2.03. The summed E-state index contributed by atoms with van der Waals surface area (Å²) in [7, 11) is 0. The number of nitrogens with zero attached hydrogens (tertiary/aromatic N) is 1. The molecule has 5 heteroatoms. The van der Waals surface area contributed by atoms with Gasteiger partial charge < -0.3 is 14.3 Å². The number of carbonyl (C=O) groups is 1. The Kier molecular flexibility index (Phi) is 3.09. The van der Waals surface area contributed by atoms with Gasteiger partial charge in [-0.1, -0.05) is 12.1 Å². The largest absolute Gasteiger partial charge is 0.486 e. The SMILES string of the molecule is Cc1ocnc1COc1ccccc1C(=O)O. The van der Waals surface area contributed by atoms with Crippen LogP contribution in [0.1, 0.15) is 21.8 Å². The highest BCUT2D eigenvalue weighted by Crippen LogP contribution is 2.19. The molecule has 0 aliphatic rings. The second-order valence-electron chi connectivity index (χ2n) is 3.45. The molecule has 1 aromatic heterocycles. The summed E-state index contributed by atoms with van der Waals surface area (Å²) in [6, 6.07) is 6.47. The number of carboxylic acid groups (broad SMARTS) is 1. The molecule has 0 spiro atoms. The van der Waals surface area contributed by atoms with E-state index in [2.05, 4.69) is 4.98 Å². The lowest BCUT2D eigenvalue weighted by atomic mass is 10.2. The third-order valence-electron chi connectivity index (χ3n) is 2.33. The van der Waals surface area contributed by atoms with Gasteiger partial charge in [0.15, 0.2) is 6.39 Å². The van der Waals surface area contributed by atoms with E-state index in [1.54, 1.807) is 25.1 Å². The van der Waals surface area contributed by atoms with Crippen LogP contribution in [0.2, 0.25) is 0 Å². The number of aromatic nitrogens is 1. The second-order valence-corrected chi connectivity index (χ2v) is 3.45. The summed E-state index contributed by atoms with van der Waals surface area (Å²) in [5, 5.41) is 8.96. The molecule has 17 heavy (non-hydrogen) atoms. The first-order valence-corrected chi connectivity index (χ1v) is 5.02. The zero-order valence-corrected chi connectivity index (χ0v) is 9.21. The van der Waals surface area contributed by atoms with Crippen LogP contribution in [0.25, 0.3) is 0 Å². The summed E-state index contributed by atoms with van der Waals surface area (Å²) in [5.41, 5.74) is 0.791. The van der Waals surface area contributed by atoms with Crippen molar-refractivity contribution in [2.24, 2.45) is 0 Å². The molecule has 0 fully saturated rings. The summed E-state index contributed by atoms with van der Waals surface area (Å²) >= 11 is 0.